The van der Waals surface area contributed by atoms with E-state index in [9.17, 15) is 4.79 Å². The maximum absolute atomic E-state index is 11.7. The van der Waals surface area contributed by atoms with Gasteiger partial charge >= 0.3 is 6.09 Å². The molecule has 2 rings (SSSR count). The molecule has 6 nitrogen and oxygen atoms in total. The van der Waals surface area contributed by atoms with E-state index in [2.05, 4.69) is 15.3 Å². The number of aromatic nitrogens is 2. The van der Waals surface area contributed by atoms with Gasteiger partial charge in [0, 0.05) is 13.1 Å². The van der Waals surface area contributed by atoms with Gasteiger partial charge in [-0.1, -0.05) is 11.6 Å². The Bertz CT molecular complexity index is 490. The average molecular weight is 299 g/mol. The van der Waals surface area contributed by atoms with E-state index in [4.69, 9.17) is 16.3 Å². The van der Waals surface area contributed by atoms with Crippen molar-refractivity contribution in [2.45, 2.75) is 38.8 Å². The Morgan fingerprint density at radius 1 is 1.50 bits per heavy atom. The Balaban J connectivity index is 1.88. The van der Waals surface area contributed by atoms with Crippen molar-refractivity contribution in [2.24, 2.45) is 0 Å². The van der Waals surface area contributed by atoms with Gasteiger partial charge in [0.2, 0.25) is 0 Å². The largest absolute Gasteiger partial charge is 0.444 e. The molecule has 2 heterocycles. The summed E-state index contributed by atoms with van der Waals surface area (Å²) in [5.74, 6) is 0.728. The van der Waals surface area contributed by atoms with Gasteiger partial charge in [-0.25, -0.2) is 9.78 Å². The Kier molecular flexibility index (Phi) is 4.32. The smallest absolute Gasteiger partial charge is 0.407 e. The average Bonchev–Trinajstić information content (AvgIpc) is 2.74. The van der Waals surface area contributed by atoms with Crippen molar-refractivity contribution < 1.29 is 9.53 Å². The zero-order valence-electron chi connectivity index (χ0n) is 11.9. The molecule has 1 amide bonds. The number of carbonyl (C=O) groups excluding carboxylic acids is 1. The molecule has 0 aliphatic carbocycles. The zero-order valence-corrected chi connectivity index (χ0v) is 12.6. The number of nitrogens with zero attached hydrogens (tertiary/aromatic N) is 3. The lowest BCUT2D eigenvalue weighted by Gasteiger charge is -2.22. The van der Waals surface area contributed by atoms with E-state index >= 15 is 0 Å². The second-order valence-electron chi connectivity index (χ2n) is 5.78. The summed E-state index contributed by atoms with van der Waals surface area (Å²) in [5.41, 5.74) is -0.485. The van der Waals surface area contributed by atoms with Gasteiger partial charge in [0.05, 0.1) is 18.4 Å². The summed E-state index contributed by atoms with van der Waals surface area (Å²) in [7, 11) is 0. The van der Waals surface area contributed by atoms with Gasteiger partial charge < -0.3 is 15.0 Å². The van der Waals surface area contributed by atoms with Gasteiger partial charge in [-0.2, -0.15) is 0 Å². The van der Waals surface area contributed by atoms with Crippen molar-refractivity contribution in [2.75, 3.05) is 18.0 Å². The molecule has 0 saturated carbocycles. The highest BCUT2D eigenvalue weighted by molar-refractivity contribution is 6.29. The molecule has 1 atom stereocenters. The summed E-state index contributed by atoms with van der Waals surface area (Å²) in [6.07, 6.45) is 3.62. The lowest BCUT2D eigenvalue weighted by atomic mass is 10.2. The van der Waals surface area contributed by atoms with Crippen LogP contribution in [0.3, 0.4) is 0 Å². The van der Waals surface area contributed by atoms with Crippen LogP contribution in [0.15, 0.2) is 12.4 Å². The summed E-state index contributed by atoms with van der Waals surface area (Å²) >= 11 is 5.83. The SMILES string of the molecule is CC(C)(C)OC(=O)N[C@@H]1CCN(c2cncc(Cl)n2)C1. The molecular formula is C13H19ClN4O2. The first-order valence-electron chi connectivity index (χ1n) is 6.55. The number of hydrogen-bond donors (Lipinski definition) is 1. The summed E-state index contributed by atoms with van der Waals surface area (Å²) in [6.45, 7) is 7.00. The van der Waals surface area contributed by atoms with Gasteiger partial charge in [-0.3, -0.25) is 4.98 Å². The highest BCUT2D eigenvalue weighted by atomic mass is 35.5. The first kappa shape index (κ1) is 14.8. The molecule has 20 heavy (non-hydrogen) atoms. The number of halogens is 1. The lowest BCUT2D eigenvalue weighted by molar-refractivity contribution is 0.0509. The molecule has 0 bridgehead atoms. The van der Waals surface area contributed by atoms with Crippen molar-refractivity contribution in [3.05, 3.63) is 17.5 Å². The number of anilines is 1. The van der Waals surface area contributed by atoms with Gasteiger partial charge in [-0.15, -0.1) is 0 Å². The van der Waals surface area contributed by atoms with Crippen LogP contribution in [0.1, 0.15) is 27.2 Å². The molecule has 1 fully saturated rings. The molecule has 1 saturated heterocycles. The molecule has 110 valence electrons. The summed E-state index contributed by atoms with van der Waals surface area (Å²) < 4.78 is 5.24. The molecule has 0 aromatic carbocycles. The number of nitrogens with one attached hydrogen (secondary N) is 1. The first-order valence-corrected chi connectivity index (χ1v) is 6.93. The van der Waals surface area contributed by atoms with Crippen LogP contribution in [0.5, 0.6) is 0 Å². The van der Waals surface area contributed by atoms with Gasteiger partial charge in [0.25, 0.3) is 0 Å². The van der Waals surface area contributed by atoms with Crippen LogP contribution in [-0.2, 0) is 4.74 Å². The monoisotopic (exact) mass is 298 g/mol. The predicted molar refractivity (Wildman–Crippen MR) is 77.0 cm³/mol. The third-order valence-electron chi connectivity index (χ3n) is 2.83. The van der Waals surface area contributed by atoms with E-state index in [0.29, 0.717) is 11.7 Å². The molecule has 1 aliphatic rings. The van der Waals surface area contributed by atoms with E-state index in [0.717, 1.165) is 18.8 Å². The zero-order chi connectivity index (χ0) is 14.8. The van der Waals surface area contributed by atoms with Crippen LogP contribution in [0.25, 0.3) is 0 Å². The number of rotatable bonds is 2. The minimum atomic E-state index is -0.485. The van der Waals surface area contributed by atoms with Crippen LogP contribution >= 0.6 is 11.6 Å². The number of alkyl carbamates (subject to hydrolysis) is 1. The Labute approximate surface area is 123 Å². The Morgan fingerprint density at radius 2 is 2.25 bits per heavy atom. The van der Waals surface area contributed by atoms with Crippen LogP contribution in [0.4, 0.5) is 10.6 Å². The van der Waals surface area contributed by atoms with Crippen molar-refractivity contribution in [3.8, 4) is 0 Å². The van der Waals surface area contributed by atoms with Crippen LogP contribution in [0, 0.1) is 0 Å². The van der Waals surface area contributed by atoms with E-state index in [1.165, 1.54) is 6.20 Å². The van der Waals surface area contributed by atoms with Crippen molar-refractivity contribution in [1.29, 1.82) is 0 Å². The van der Waals surface area contributed by atoms with Gasteiger partial charge in [-0.05, 0) is 27.2 Å². The summed E-state index contributed by atoms with van der Waals surface area (Å²) in [5, 5.41) is 3.23. The molecule has 1 N–H and O–H groups in total. The summed E-state index contributed by atoms with van der Waals surface area (Å²) in [6, 6.07) is 0.0469. The molecule has 1 aliphatic heterocycles. The normalized spacial score (nSPS) is 19.0. The lowest BCUT2D eigenvalue weighted by Crippen LogP contribution is -2.40. The van der Waals surface area contributed by atoms with E-state index in [-0.39, 0.29) is 12.1 Å². The molecular weight excluding hydrogens is 280 g/mol. The molecule has 7 heteroatoms. The maximum Gasteiger partial charge on any atom is 0.407 e. The second kappa shape index (κ2) is 5.83. The first-order chi connectivity index (χ1) is 9.33. The molecule has 0 radical (unpaired) electrons. The number of hydrogen-bond acceptors (Lipinski definition) is 5. The van der Waals surface area contributed by atoms with Crippen molar-refractivity contribution in [1.82, 2.24) is 15.3 Å². The van der Waals surface area contributed by atoms with E-state index < -0.39 is 5.60 Å². The fraction of sp³-hybridized carbons (Fsp3) is 0.615. The quantitative estimate of drug-likeness (QED) is 0.907. The molecule has 0 unspecified atom stereocenters. The number of ether oxygens (including phenoxy) is 1. The van der Waals surface area contributed by atoms with Gasteiger partial charge in [0.1, 0.15) is 16.6 Å². The topological polar surface area (TPSA) is 67.3 Å². The Morgan fingerprint density at radius 3 is 2.90 bits per heavy atom. The number of carbonyl (C=O) groups is 1. The van der Waals surface area contributed by atoms with E-state index in [1.54, 1.807) is 6.20 Å². The maximum atomic E-state index is 11.7. The van der Waals surface area contributed by atoms with E-state index in [1.807, 2.05) is 25.7 Å². The molecule has 0 spiro atoms. The van der Waals surface area contributed by atoms with Crippen molar-refractivity contribution >= 4 is 23.5 Å². The van der Waals surface area contributed by atoms with Crippen LogP contribution in [0.2, 0.25) is 5.15 Å². The Hall–Kier alpha value is -1.56. The minimum Gasteiger partial charge on any atom is -0.444 e. The molecule has 1 aromatic rings. The highest BCUT2D eigenvalue weighted by Gasteiger charge is 2.27. The fourth-order valence-electron chi connectivity index (χ4n) is 2.05. The summed E-state index contributed by atoms with van der Waals surface area (Å²) in [4.78, 5) is 22.0. The standard InChI is InChI=1S/C13H19ClN4O2/c1-13(2,3)20-12(19)16-9-4-5-18(8-9)11-7-15-6-10(14)17-11/h6-7,9H,4-5,8H2,1-3H3,(H,16,19)/t9-/m1/s1. The second-order valence-corrected chi connectivity index (χ2v) is 6.17. The number of amides is 1. The third-order valence-corrected chi connectivity index (χ3v) is 3.01. The van der Waals surface area contributed by atoms with Gasteiger partial charge in [0.15, 0.2) is 0 Å². The minimum absolute atomic E-state index is 0.0469. The van der Waals surface area contributed by atoms with Crippen LogP contribution in [-0.4, -0.2) is 40.8 Å². The predicted octanol–water partition coefficient (Wildman–Crippen LogP) is 2.23. The highest BCUT2D eigenvalue weighted by Crippen LogP contribution is 2.19. The third kappa shape index (κ3) is 4.23. The fourth-order valence-corrected chi connectivity index (χ4v) is 2.19. The van der Waals surface area contributed by atoms with Crippen molar-refractivity contribution in [3.63, 3.8) is 0 Å². The van der Waals surface area contributed by atoms with Crippen LogP contribution < -0.4 is 10.2 Å². The molecule has 1 aromatic heterocycles.